The molecule has 0 saturated carbocycles. The van der Waals surface area contributed by atoms with Crippen LogP contribution in [-0.2, 0) is 21.2 Å². The van der Waals surface area contributed by atoms with Gasteiger partial charge in [0.1, 0.15) is 0 Å². The van der Waals surface area contributed by atoms with E-state index in [4.69, 9.17) is 0 Å². The molecule has 214 valence electrons. The molecular formula is C34H34N4O3S. The summed E-state index contributed by atoms with van der Waals surface area (Å²) < 4.78 is 29.1. The number of amides is 1. The van der Waals surface area contributed by atoms with Crippen LogP contribution in [0.2, 0.25) is 0 Å². The number of benzene rings is 4. The van der Waals surface area contributed by atoms with Crippen LogP contribution < -0.4 is 15.4 Å². The van der Waals surface area contributed by atoms with E-state index < -0.39 is 10.0 Å². The molecule has 0 radical (unpaired) electrons. The van der Waals surface area contributed by atoms with Crippen molar-refractivity contribution in [2.75, 3.05) is 35.0 Å². The maximum atomic E-state index is 13.4. The minimum absolute atomic E-state index is 0.0737. The number of likely N-dealkylation sites (tertiary alicyclic amines) is 1. The highest BCUT2D eigenvalue weighted by Gasteiger charge is 2.30. The van der Waals surface area contributed by atoms with Gasteiger partial charge in [0.05, 0.1) is 16.2 Å². The molecule has 1 saturated heterocycles. The zero-order valence-corrected chi connectivity index (χ0v) is 24.2. The maximum absolute atomic E-state index is 13.4. The number of carbonyl (C=O) groups excluding carboxylic acids is 1. The third-order valence-electron chi connectivity index (χ3n) is 7.77. The van der Waals surface area contributed by atoms with Crippen molar-refractivity contribution in [1.82, 2.24) is 4.90 Å². The van der Waals surface area contributed by atoms with Crippen LogP contribution in [0.3, 0.4) is 0 Å². The number of hydrogen-bond acceptors (Lipinski definition) is 5. The molecule has 7 nitrogen and oxygen atoms in total. The quantitative estimate of drug-likeness (QED) is 0.199. The average Bonchev–Trinajstić information content (AvgIpc) is 3.35. The Morgan fingerprint density at radius 3 is 2.19 bits per heavy atom. The van der Waals surface area contributed by atoms with Gasteiger partial charge in [0.25, 0.3) is 15.9 Å². The predicted molar refractivity (Wildman–Crippen MR) is 170 cm³/mol. The Balaban J connectivity index is 1.31. The number of sulfonamides is 1. The molecule has 42 heavy (non-hydrogen) atoms. The van der Waals surface area contributed by atoms with E-state index in [1.165, 1.54) is 44.0 Å². The summed E-state index contributed by atoms with van der Waals surface area (Å²) >= 11 is 0. The lowest BCUT2D eigenvalue weighted by Gasteiger charge is -2.26. The molecule has 4 aromatic rings. The highest BCUT2D eigenvalue weighted by Crippen LogP contribution is 2.39. The monoisotopic (exact) mass is 578 g/mol. The fourth-order valence-electron chi connectivity index (χ4n) is 5.54. The van der Waals surface area contributed by atoms with Crippen molar-refractivity contribution in [3.05, 3.63) is 120 Å². The van der Waals surface area contributed by atoms with Crippen molar-refractivity contribution in [3.63, 3.8) is 0 Å². The summed E-state index contributed by atoms with van der Waals surface area (Å²) in [4.78, 5) is 16.0. The first-order valence-corrected chi connectivity index (χ1v) is 15.9. The van der Waals surface area contributed by atoms with Gasteiger partial charge in [0.15, 0.2) is 0 Å². The maximum Gasteiger partial charge on any atom is 0.261 e. The molecule has 0 unspecified atom stereocenters. The fraction of sp³-hybridized carbons (Fsp3) is 0.206. The average molecular weight is 579 g/mol. The first-order valence-electron chi connectivity index (χ1n) is 14.4. The number of piperidine rings is 1. The highest BCUT2D eigenvalue weighted by atomic mass is 32.2. The molecule has 8 heteroatoms. The van der Waals surface area contributed by atoms with Crippen LogP contribution in [0.5, 0.6) is 0 Å². The van der Waals surface area contributed by atoms with Crippen LogP contribution >= 0.6 is 0 Å². The Bertz CT molecular complexity index is 1700. The van der Waals surface area contributed by atoms with E-state index in [2.05, 4.69) is 32.4 Å². The lowest BCUT2D eigenvalue weighted by atomic mass is 10.00. The zero-order chi connectivity index (χ0) is 28.9. The molecule has 6 rings (SSSR count). The number of nitrogens with one attached hydrogen (secondary N) is 3. The van der Waals surface area contributed by atoms with Gasteiger partial charge in [-0.15, -0.1) is 0 Å². The van der Waals surface area contributed by atoms with E-state index in [1.54, 1.807) is 36.4 Å². The third kappa shape index (κ3) is 6.25. The Kier molecular flexibility index (Phi) is 8.08. The van der Waals surface area contributed by atoms with Crippen LogP contribution in [0, 0.1) is 0 Å². The Morgan fingerprint density at radius 1 is 0.786 bits per heavy atom. The Labute approximate surface area is 247 Å². The largest absolute Gasteiger partial charge is 0.354 e. The van der Waals surface area contributed by atoms with Crippen molar-refractivity contribution in [1.29, 1.82) is 0 Å². The standard InChI is InChI=1S/C34H34N4O3S/c39-34-32(30-24-29(18-19-31(30)36-34)42(40,41)37-28-12-6-2-7-13-28)33(26-10-4-1-5-11-26)35-27-16-14-25(15-17-27)20-23-38-21-8-3-9-22-38/h1-2,4-7,10-19,24,35,37H,3,8-9,20-23H2,(H,36,39). The van der Waals surface area contributed by atoms with E-state index in [1.807, 2.05) is 48.5 Å². The smallest absolute Gasteiger partial charge is 0.261 e. The van der Waals surface area contributed by atoms with E-state index >= 15 is 0 Å². The molecule has 1 fully saturated rings. The Morgan fingerprint density at radius 2 is 1.48 bits per heavy atom. The summed E-state index contributed by atoms with van der Waals surface area (Å²) in [6.45, 7) is 3.43. The predicted octanol–water partition coefficient (Wildman–Crippen LogP) is 6.45. The molecule has 2 aliphatic rings. The number of nitrogens with zero attached hydrogens (tertiary/aromatic N) is 1. The van der Waals surface area contributed by atoms with Crippen molar-refractivity contribution in [2.45, 2.75) is 30.6 Å². The lowest BCUT2D eigenvalue weighted by molar-refractivity contribution is -0.110. The minimum Gasteiger partial charge on any atom is -0.354 e. The molecule has 0 spiro atoms. The van der Waals surface area contributed by atoms with Crippen molar-refractivity contribution >= 4 is 44.3 Å². The van der Waals surface area contributed by atoms with Gasteiger partial charge in [-0.1, -0.05) is 67.1 Å². The summed E-state index contributed by atoms with van der Waals surface area (Å²) in [5, 5.41) is 6.39. The van der Waals surface area contributed by atoms with Gasteiger partial charge < -0.3 is 15.5 Å². The van der Waals surface area contributed by atoms with Crippen LogP contribution in [-0.4, -0.2) is 38.9 Å². The van der Waals surface area contributed by atoms with Gasteiger partial charge in [-0.05, 0) is 85.9 Å². The second-order valence-electron chi connectivity index (χ2n) is 10.7. The molecule has 0 atom stereocenters. The molecule has 0 bridgehead atoms. The van der Waals surface area contributed by atoms with E-state index in [0.717, 1.165) is 24.2 Å². The number of anilines is 3. The molecule has 0 aliphatic carbocycles. The normalized spacial score (nSPS) is 16.4. The van der Waals surface area contributed by atoms with E-state index in [0.29, 0.717) is 28.2 Å². The van der Waals surface area contributed by atoms with Crippen LogP contribution in [0.1, 0.15) is 36.0 Å². The van der Waals surface area contributed by atoms with Crippen LogP contribution in [0.4, 0.5) is 17.1 Å². The molecule has 3 N–H and O–H groups in total. The number of para-hydroxylation sites is 1. The summed E-state index contributed by atoms with van der Waals surface area (Å²) in [5.41, 5.74) is 5.50. The Hall–Kier alpha value is -4.40. The van der Waals surface area contributed by atoms with Crippen molar-refractivity contribution in [2.24, 2.45) is 0 Å². The number of rotatable bonds is 9. The lowest BCUT2D eigenvalue weighted by Crippen LogP contribution is -2.31. The number of hydrogen-bond donors (Lipinski definition) is 3. The number of fused-ring (bicyclic) bond motifs is 1. The molecule has 2 heterocycles. The van der Waals surface area contributed by atoms with Gasteiger partial charge in [0, 0.05) is 29.2 Å². The zero-order valence-electron chi connectivity index (χ0n) is 23.3. The van der Waals surface area contributed by atoms with Gasteiger partial charge in [-0.25, -0.2) is 8.42 Å². The number of carbonyl (C=O) groups is 1. The minimum atomic E-state index is -3.88. The molecule has 1 amide bonds. The molecular weight excluding hydrogens is 544 g/mol. The third-order valence-corrected chi connectivity index (χ3v) is 9.15. The van der Waals surface area contributed by atoms with Crippen LogP contribution in [0.15, 0.2) is 108 Å². The molecule has 2 aliphatic heterocycles. The first-order chi connectivity index (χ1) is 20.5. The van der Waals surface area contributed by atoms with E-state index in [-0.39, 0.29) is 10.8 Å². The van der Waals surface area contributed by atoms with Crippen molar-refractivity contribution < 1.29 is 13.2 Å². The second kappa shape index (κ2) is 12.2. The fourth-order valence-corrected chi connectivity index (χ4v) is 6.62. The summed E-state index contributed by atoms with van der Waals surface area (Å²) in [5.74, 6) is -0.292. The van der Waals surface area contributed by atoms with Gasteiger partial charge in [-0.2, -0.15) is 0 Å². The summed E-state index contributed by atoms with van der Waals surface area (Å²) in [6.07, 6.45) is 4.90. The van der Waals surface area contributed by atoms with Gasteiger partial charge >= 0.3 is 0 Å². The molecule has 4 aromatic carbocycles. The highest BCUT2D eigenvalue weighted by molar-refractivity contribution is 7.92. The SMILES string of the molecule is O=C1Nc2ccc(S(=O)(=O)Nc3ccccc3)cc2C1=C(Nc1ccc(CCN2CCCCC2)cc1)c1ccccc1. The first kappa shape index (κ1) is 27.8. The second-order valence-corrected chi connectivity index (χ2v) is 12.4. The van der Waals surface area contributed by atoms with Gasteiger partial charge in [0.2, 0.25) is 0 Å². The van der Waals surface area contributed by atoms with E-state index in [9.17, 15) is 13.2 Å². The van der Waals surface area contributed by atoms with Crippen molar-refractivity contribution in [3.8, 4) is 0 Å². The summed E-state index contributed by atoms with van der Waals surface area (Å²) in [7, 11) is -3.88. The van der Waals surface area contributed by atoms with Gasteiger partial charge in [-0.3, -0.25) is 9.52 Å². The van der Waals surface area contributed by atoms with Crippen LogP contribution in [0.25, 0.3) is 11.3 Å². The summed E-state index contributed by atoms with van der Waals surface area (Å²) in [6, 6.07) is 31.4. The molecule has 0 aromatic heterocycles. The topological polar surface area (TPSA) is 90.5 Å².